The molecule has 1 aromatic heterocycles. The van der Waals surface area contributed by atoms with E-state index in [9.17, 15) is 19.3 Å². The minimum Gasteiger partial charge on any atom is -0.468 e. The van der Waals surface area contributed by atoms with E-state index in [0.29, 0.717) is 17.7 Å². The number of carbonyl (C=O) groups excluding carboxylic acids is 1. The Morgan fingerprint density at radius 2 is 1.88 bits per heavy atom. The molecule has 1 amide bonds. The van der Waals surface area contributed by atoms with Gasteiger partial charge in [0, 0.05) is 55.6 Å². The molecule has 0 spiro atoms. The van der Waals surface area contributed by atoms with Gasteiger partial charge < -0.3 is 14.6 Å². The number of rotatable bonds is 7. The molecule has 1 fully saturated rings. The Morgan fingerprint density at radius 3 is 2.48 bits per heavy atom. The number of nitrogens with zero attached hydrogens (tertiary/aromatic N) is 3. The molecule has 1 atom stereocenters. The van der Waals surface area contributed by atoms with Crippen molar-refractivity contribution >= 4 is 17.3 Å². The van der Waals surface area contributed by atoms with Gasteiger partial charge in [-0.15, -0.1) is 0 Å². The number of hydrogen-bond donors (Lipinski definition) is 1. The molecule has 33 heavy (non-hydrogen) atoms. The van der Waals surface area contributed by atoms with E-state index >= 15 is 0 Å². The van der Waals surface area contributed by atoms with Crippen LogP contribution in [0.25, 0.3) is 0 Å². The zero-order valence-electron chi connectivity index (χ0n) is 18.2. The van der Waals surface area contributed by atoms with Crippen molar-refractivity contribution in [2.24, 2.45) is 0 Å². The van der Waals surface area contributed by atoms with E-state index in [1.807, 2.05) is 12.1 Å². The van der Waals surface area contributed by atoms with E-state index in [1.165, 1.54) is 30.3 Å². The second-order valence-electron chi connectivity index (χ2n) is 8.00. The lowest BCUT2D eigenvalue weighted by molar-refractivity contribution is -0.385. The first-order valence-corrected chi connectivity index (χ1v) is 10.7. The van der Waals surface area contributed by atoms with Gasteiger partial charge in [-0.3, -0.25) is 19.8 Å². The van der Waals surface area contributed by atoms with Crippen LogP contribution in [0.2, 0.25) is 0 Å². The maximum atomic E-state index is 13.2. The molecule has 4 rings (SSSR count). The number of piperazine rings is 1. The van der Waals surface area contributed by atoms with E-state index in [-0.39, 0.29) is 23.5 Å². The normalized spacial score (nSPS) is 15.3. The largest absolute Gasteiger partial charge is 0.468 e. The van der Waals surface area contributed by atoms with Crippen molar-refractivity contribution in [3.63, 3.8) is 0 Å². The smallest absolute Gasteiger partial charge is 0.272 e. The first kappa shape index (κ1) is 22.5. The van der Waals surface area contributed by atoms with Crippen molar-refractivity contribution in [2.75, 3.05) is 37.6 Å². The highest BCUT2D eigenvalue weighted by Gasteiger charge is 2.27. The molecule has 0 aliphatic carbocycles. The number of nitro groups is 1. The minimum absolute atomic E-state index is 0.0148. The van der Waals surface area contributed by atoms with Gasteiger partial charge in [-0.2, -0.15) is 0 Å². The molecule has 172 valence electrons. The van der Waals surface area contributed by atoms with Crippen molar-refractivity contribution < 1.29 is 18.5 Å². The average Bonchev–Trinajstić information content (AvgIpc) is 3.34. The van der Waals surface area contributed by atoms with E-state index in [0.717, 1.165) is 37.6 Å². The zero-order chi connectivity index (χ0) is 23.4. The first-order valence-electron chi connectivity index (χ1n) is 10.7. The summed E-state index contributed by atoms with van der Waals surface area (Å²) in [5.41, 5.74) is 1.77. The Hall–Kier alpha value is -3.72. The fraction of sp³-hybridized carbons (Fsp3) is 0.292. The molecule has 1 N–H and O–H groups in total. The molecule has 0 radical (unpaired) electrons. The predicted octanol–water partition coefficient (Wildman–Crippen LogP) is 3.93. The number of furan rings is 1. The molecule has 0 bridgehead atoms. The lowest BCUT2D eigenvalue weighted by atomic mass is 10.1. The lowest BCUT2D eigenvalue weighted by Crippen LogP contribution is -2.49. The van der Waals surface area contributed by atoms with Gasteiger partial charge in [0.1, 0.15) is 11.6 Å². The molecule has 3 aromatic rings. The maximum Gasteiger partial charge on any atom is 0.272 e. The third kappa shape index (κ3) is 5.20. The van der Waals surface area contributed by atoms with Crippen LogP contribution in [0.15, 0.2) is 65.3 Å². The van der Waals surface area contributed by atoms with Crippen molar-refractivity contribution in [3.8, 4) is 0 Å². The average molecular weight is 452 g/mol. The molecule has 2 aromatic carbocycles. The fourth-order valence-corrected chi connectivity index (χ4v) is 4.13. The Kier molecular flexibility index (Phi) is 6.69. The summed E-state index contributed by atoms with van der Waals surface area (Å²) in [5, 5.41) is 14.0. The summed E-state index contributed by atoms with van der Waals surface area (Å²) in [7, 11) is 0. The van der Waals surface area contributed by atoms with Crippen LogP contribution in [0.5, 0.6) is 0 Å². The summed E-state index contributed by atoms with van der Waals surface area (Å²) in [6.07, 6.45) is 1.61. The van der Waals surface area contributed by atoms with Crippen LogP contribution in [0.3, 0.4) is 0 Å². The number of halogens is 1. The molecule has 8 nitrogen and oxygen atoms in total. The van der Waals surface area contributed by atoms with Crippen LogP contribution in [0.1, 0.15) is 27.7 Å². The highest BCUT2D eigenvalue weighted by Crippen LogP contribution is 2.25. The number of aryl methyl sites for hydroxylation is 1. The number of hydrogen-bond acceptors (Lipinski definition) is 6. The van der Waals surface area contributed by atoms with E-state index in [2.05, 4.69) is 15.1 Å². The molecular formula is C24H25FN4O4. The number of amides is 1. The minimum atomic E-state index is -0.463. The third-order valence-electron chi connectivity index (χ3n) is 5.93. The molecule has 1 unspecified atom stereocenters. The monoisotopic (exact) mass is 452 g/mol. The molecule has 1 saturated heterocycles. The summed E-state index contributed by atoms with van der Waals surface area (Å²) in [4.78, 5) is 27.7. The van der Waals surface area contributed by atoms with Crippen LogP contribution < -0.4 is 10.2 Å². The third-order valence-corrected chi connectivity index (χ3v) is 5.93. The molecule has 1 aliphatic rings. The molecule has 9 heteroatoms. The summed E-state index contributed by atoms with van der Waals surface area (Å²) in [5.74, 6) is 0.203. The topological polar surface area (TPSA) is 91.9 Å². The zero-order valence-corrected chi connectivity index (χ0v) is 18.2. The summed E-state index contributed by atoms with van der Waals surface area (Å²) < 4.78 is 18.9. The fourth-order valence-electron chi connectivity index (χ4n) is 4.13. The van der Waals surface area contributed by atoms with E-state index in [1.54, 1.807) is 25.3 Å². The second kappa shape index (κ2) is 9.83. The van der Waals surface area contributed by atoms with Crippen LogP contribution in [-0.2, 0) is 0 Å². The summed E-state index contributed by atoms with van der Waals surface area (Å²) >= 11 is 0. The lowest BCUT2D eigenvalue weighted by Gasteiger charge is -2.39. The summed E-state index contributed by atoms with van der Waals surface area (Å²) in [6.45, 7) is 4.96. The molecule has 2 heterocycles. The Bertz CT molecular complexity index is 1110. The quantitative estimate of drug-likeness (QED) is 0.431. The van der Waals surface area contributed by atoms with Gasteiger partial charge in [0.2, 0.25) is 0 Å². The highest BCUT2D eigenvalue weighted by atomic mass is 19.1. The van der Waals surface area contributed by atoms with Gasteiger partial charge >= 0.3 is 0 Å². The Balaban J connectivity index is 1.41. The molecular weight excluding hydrogens is 427 g/mol. The number of nitrogens with one attached hydrogen (secondary N) is 1. The predicted molar refractivity (Wildman–Crippen MR) is 122 cm³/mol. The van der Waals surface area contributed by atoms with Gasteiger partial charge in [0.25, 0.3) is 11.6 Å². The molecule has 0 saturated carbocycles. The SMILES string of the molecule is Cc1cc(C(=O)NCC(c2ccco2)N2CCN(c3ccc(F)cc3)CC2)ccc1[N+](=O)[O-]. The van der Waals surface area contributed by atoms with Gasteiger partial charge in [-0.25, -0.2) is 4.39 Å². The van der Waals surface area contributed by atoms with Crippen molar-refractivity contribution in [2.45, 2.75) is 13.0 Å². The van der Waals surface area contributed by atoms with Crippen LogP contribution in [-0.4, -0.2) is 48.5 Å². The number of benzene rings is 2. The second-order valence-corrected chi connectivity index (χ2v) is 8.00. The first-order chi connectivity index (χ1) is 15.9. The number of anilines is 1. The van der Waals surface area contributed by atoms with Crippen molar-refractivity contribution in [1.29, 1.82) is 0 Å². The Labute approximate surface area is 190 Å². The van der Waals surface area contributed by atoms with Crippen molar-refractivity contribution in [1.82, 2.24) is 10.2 Å². The van der Waals surface area contributed by atoms with E-state index in [4.69, 9.17) is 4.42 Å². The van der Waals surface area contributed by atoms with Crippen LogP contribution in [0.4, 0.5) is 15.8 Å². The van der Waals surface area contributed by atoms with E-state index < -0.39 is 4.92 Å². The van der Waals surface area contributed by atoms with Crippen LogP contribution >= 0.6 is 0 Å². The Morgan fingerprint density at radius 1 is 1.15 bits per heavy atom. The van der Waals surface area contributed by atoms with Crippen molar-refractivity contribution in [3.05, 3.63) is 93.7 Å². The summed E-state index contributed by atoms with van der Waals surface area (Å²) in [6, 6.07) is 14.4. The number of carbonyl (C=O) groups is 1. The number of nitro benzene ring substituents is 1. The van der Waals surface area contributed by atoms with Gasteiger partial charge in [-0.05, 0) is 55.5 Å². The van der Waals surface area contributed by atoms with Gasteiger partial charge in [-0.1, -0.05) is 0 Å². The molecule has 1 aliphatic heterocycles. The van der Waals surface area contributed by atoms with Gasteiger partial charge in [0.05, 0.1) is 17.2 Å². The van der Waals surface area contributed by atoms with Gasteiger partial charge in [0.15, 0.2) is 0 Å². The maximum absolute atomic E-state index is 13.2. The van der Waals surface area contributed by atoms with Crippen LogP contribution in [0, 0.1) is 22.9 Å². The standard InChI is InChI=1S/C24H25FN4O4/c1-17-15-18(4-9-21(17)29(31)32)24(30)26-16-22(23-3-2-14-33-23)28-12-10-27(11-13-28)20-7-5-19(25)6-8-20/h2-9,14-15,22H,10-13,16H2,1H3,(H,26,30). The highest BCUT2D eigenvalue weighted by molar-refractivity contribution is 5.94.